The average molecular weight is 493 g/mol. The lowest BCUT2D eigenvalue weighted by Gasteiger charge is -2.15. The molecule has 2 heterocycles. The van der Waals surface area contributed by atoms with Crippen molar-refractivity contribution in [2.24, 2.45) is 5.92 Å². The van der Waals surface area contributed by atoms with E-state index in [1.165, 1.54) is 0 Å². The number of aromatic carboxylic acids is 1. The number of halogens is 1. The van der Waals surface area contributed by atoms with E-state index in [9.17, 15) is 9.90 Å². The summed E-state index contributed by atoms with van der Waals surface area (Å²) in [5, 5.41) is 17.4. The first-order valence-corrected chi connectivity index (χ1v) is 9.78. The van der Waals surface area contributed by atoms with Gasteiger partial charge in [-0.1, -0.05) is 13.0 Å². The topological polar surface area (TPSA) is 116 Å². The molecule has 8 nitrogen and oxygen atoms in total. The molecule has 0 bridgehead atoms. The average Bonchev–Trinajstić information content (AvgIpc) is 3.10. The normalized spacial score (nSPS) is 11.9. The highest BCUT2D eigenvalue weighted by molar-refractivity contribution is 14.1. The summed E-state index contributed by atoms with van der Waals surface area (Å²) < 4.78 is 8.50. The van der Waals surface area contributed by atoms with Crippen LogP contribution in [0.2, 0.25) is 0 Å². The van der Waals surface area contributed by atoms with Crippen molar-refractivity contribution in [2.45, 2.75) is 19.9 Å². The maximum atomic E-state index is 11.4. The monoisotopic (exact) mass is 493 g/mol. The van der Waals surface area contributed by atoms with Gasteiger partial charge in [0.25, 0.3) is 0 Å². The Labute approximate surface area is 175 Å². The van der Waals surface area contributed by atoms with Gasteiger partial charge in [0.15, 0.2) is 5.82 Å². The minimum atomic E-state index is -0.995. The third kappa shape index (κ3) is 4.97. The first-order valence-electron chi connectivity index (χ1n) is 8.70. The number of nitrogens with two attached hydrogens (primary N) is 1. The van der Waals surface area contributed by atoms with Crippen molar-refractivity contribution in [1.29, 1.82) is 0 Å². The summed E-state index contributed by atoms with van der Waals surface area (Å²) in [4.78, 5) is 15.7. The number of carboxylic acid groups (broad SMARTS) is 1. The Kier molecular flexibility index (Phi) is 6.45. The summed E-state index contributed by atoms with van der Waals surface area (Å²) in [6, 6.07) is 10.5. The van der Waals surface area contributed by atoms with Crippen LogP contribution in [0.4, 0.5) is 5.82 Å². The second kappa shape index (κ2) is 9.00. The summed E-state index contributed by atoms with van der Waals surface area (Å²) in [5.74, 6) is 0.735. The summed E-state index contributed by atoms with van der Waals surface area (Å²) in [7, 11) is 0. The molecule has 1 atom stereocenters. The Hall–Kier alpha value is -2.69. The zero-order valence-electron chi connectivity index (χ0n) is 15.2. The van der Waals surface area contributed by atoms with Gasteiger partial charge in [0.05, 0.1) is 6.61 Å². The van der Waals surface area contributed by atoms with Crippen molar-refractivity contribution in [2.75, 3.05) is 12.3 Å². The molecule has 3 rings (SSSR count). The summed E-state index contributed by atoms with van der Waals surface area (Å²) in [6.07, 6.45) is 2.41. The number of hydrogen-bond donors (Lipinski definition) is 2. The third-order valence-corrected chi connectivity index (χ3v) is 4.83. The molecule has 1 aromatic carbocycles. The molecule has 1 unspecified atom stereocenters. The second-order valence-electron chi connectivity index (χ2n) is 6.44. The molecule has 3 N–H and O–H groups in total. The van der Waals surface area contributed by atoms with Crippen LogP contribution < -0.4 is 10.5 Å². The predicted molar refractivity (Wildman–Crippen MR) is 113 cm³/mol. The number of anilines is 1. The highest BCUT2D eigenvalue weighted by Crippen LogP contribution is 2.22. The van der Waals surface area contributed by atoms with E-state index in [1.807, 2.05) is 22.8 Å². The van der Waals surface area contributed by atoms with Gasteiger partial charge >= 0.3 is 5.97 Å². The van der Waals surface area contributed by atoms with E-state index in [1.54, 1.807) is 24.5 Å². The van der Waals surface area contributed by atoms with Gasteiger partial charge in [-0.2, -0.15) is 0 Å². The fraction of sp³-hybridized carbons (Fsp3) is 0.263. The number of carboxylic acids is 1. The van der Waals surface area contributed by atoms with Crippen LogP contribution in [-0.2, 0) is 6.54 Å². The van der Waals surface area contributed by atoms with Crippen LogP contribution in [0.3, 0.4) is 0 Å². The van der Waals surface area contributed by atoms with Crippen LogP contribution in [0, 0.1) is 9.49 Å². The molecule has 9 heteroatoms. The van der Waals surface area contributed by atoms with Crippen LogP contribution in [0.15, 0.2) is 42.7 Å². The number of benzene rings is 1. The summed E-state index contributed by atoms with van der Waals surface area (Å²) in [5.41, 5.74) is 6.60. The fourth-order valence-corrected chi connectivity index (χ4v) is 3.25. The van der Waals surface area contributed by atoms with Gasteiger partial charge in [0, 0.05) is 10.1 Å². The Morgan fingerprint density at radius 2 is 2.18 bits per heavy atom. The Morgan fingerprint density at radius 1 is 1.36 bits per heavy atom. The molecule has 3 aromatic rings. The van der Waals surface area contributed by atoms with Crippen molar-refractivity contribution in [3.8, 4) is 17.3 Å². The molecule has 0 aliphatic carbocycles. The van der Waals surface area contributed by atoms with Gasteiger partial charge in [-0.25, -0.2) is 9.78 Å². The number of ether oxygens (including phenoxy) is 1. The predicted octanol–water partition coefficient (Wildman–Crippen LogP) is 3.33. The molecule has 2 aromatic heterocycles. The molecule has 0 saturated carbocycles. The number of rotatable bonds is 8. The highest BCUT2D eigenvalue weighted by atomic mass is 127. The molecule has 146 valence electrons. The van der Waals surface area contributed by atoms with Crippen molar-refractivity contribution < 1.29 is 14.6 Å². The van der Waals surface area contributed by atoms with Crippen LogP contribution in [-0.4, -0.2) is 37.4 Å². The van der Waals surface area contributed by atoms with Crippen LogP contribution >= 0.6 is 22.6 Å². The van der Waals surface area contributed by atoms with Crippen LogP contribution in [0.25, 0.3) is 11.5 Å². The molecule has 0 fully saturated rings. The van der Waals surface area contributed by atoms with E-state index >= 15 is 0 Å². The maximum absolute atomic E-state index is 11.4. The summed E-state index contributed by atoms with van der Waals surface area (Å²) in [6.45, 7) is 3.18. The van der Waals surface area contributed by atoms with Crippen molar-refractivity contribution in [1.82, 2.24) is 19.7 Å². The van der Waals surface area contributed by atoms with Crippen LogP contribution in [0.5, 0.6) is 5.75 Å². The lowest BCUT2D eigenvalue weighted by atomic mass is 10.1. The lowest BCUT2D eigenvalue weighted by Crippen LogP contribution is -2.13. The molecular weight excluding hydrogens is 473 g/mol. The molecule has 0 aliphatic rings. The van der Waals surface area contributed by atoms with Crippen molar-refractivity contribution in [3.05, 3.63) is 51.9 Å². The highest BCUT2D eigenvalue weighted by Gasteiger charge is 2.14. The fourth-order valence-electron chi connectivity index (χ4n) is 2.76. The SMILES string of the molecule is CC(CCOc1ccc(I)cc1C(=O)O)Cn1cnnc1-c1cccc(N)n1. The Bertz CT molecular complexity index is 976. The molecule has 0 amide bonds. The molecule has 0 radical (unpaired) electrons. The first kappa shape index (κ1) is 20.1. The molecular formula is C19H20IN5O3. The van der Waals surface area contributed by atoms with Gasteiger partial charge in [0.1, 0.15) is 29.2 Å². The zero-order chi connectivity index (χ0) is 20.1. The van der Waals surface area contributed by atoms with E-state index in [-0.39, 0.29) is 11.5 Å². The quantitative estimate of drug-likeness (QED) is 0.463. The Balaban J connectivity index is 1.60. The molecule has 0 saturated heterocycles. The van der Waals surface area contributed by atoms with Crippen LogP contribution in [0.1, 0.15) is 23.7 Å². The Morgan fingerprint density at radius 3 is 2.93 bits per heavy atom. The minimum Gasteiger partial charge on any atom is -0.493 e. The number of carbonyl (C=O) groups is 1. The zero-order valence-corrected chi connectivity index (χ0v) is 17.4. The number of nitrogen functional groups attached to an aromatic ring is 1. The number of hydrogen-bond acceptors (Lipinski definition) is 6. The standard InChI is InChI=1S/C19H20IN5O3/c1-12(7-8-28-16-6-5-13(20)9-14(16)19(26)27)10-25-11-22-24-18(25)15-3-2-4-17(21)23-15/h2-6,9,11-12H,7-8,10H2,1H3,(H2,21,23)(H,26,27). The van der Waals surface area contributed by atoms with E-state index in [0.717, 1.165) is 9.99 Å². The number of nitrogens with zero attached hydrogens (tertiary/aromatic N) is 4. The van der Waals surface area contributed by atoms with Gasteiger partial charge in [-0.15, -0.1) is 10.2 Å². The van der Waals surface area contributed by atoms with E-state index < -0.39 is 5.97 Å². The number of aromatic nitrogens is 4. The van der Waals surface area contributed by atoms with Gasteiger partial charge in [-0.3, -0.25) is 0 Å². The number of pyridine rings is 1. The van der Waals surface area contributed by atoms with Crippen molar-refractivity contribution >= 4 is 34.4 Å². The minimum absolute atomic E-state index is 0.174. The van der Waals surface area contributed by atoms with Gasteiger partial charge < -0.3 is 20.1 Å². The molecule has 0 aliphatic heterocycles. The molecule has 0 spiro atoms. The second-order valence-corrected chi connectivity index (χ2v) is 7.69. The molecule has 28 heavy (non-hydrogen) atoms. The maximum Gasteiger partial charge on any atom is 0.339 e. The smallest absolute Gasteiger partial charge is 0.339 e. The summed E-state index contributed by atoms with van der Waals surface area (Å²) >= 11 is 2.08. The third-order valence-electron chi connectivity index (χ3n) is 4.16. The lowest BCUT2D eigenvalue weighted by molar-refractivity contribution is 0.0692. The van der Waals surface area contributed by atoms with E-state index in [2.05, 4.69) is 44.7 Å². The largest absolute Gasteiger partial charge is 0.493 e. The van der Waals surface area contributed by atoms with E-state index in [0.29, 0.717) is 36.2 Å². The van der Waals surface area contributed by atoms with Crippen molar-refractivity contribution in [3.63, 3.8) is 0 Å². The van der Waals surface area contributed by atoms with Gasteiger partial charge in [-0.05, 0) is 65.3 Å². The van der Waals surface area contributed by atoms with E-state index in [4.69, 9.17) is 10.5 Å². The van der Waals surface area contributed by atoms with Gasteiger partial charge in [0.2, 0.25) is 0 Å². The first-order chi connectivity index (χ1) is 13.4.